The number of fused-ring (bicyclic) bond motifs is 1. The number of H-pyrrole nitrogens is 1. The molecule has 3 aromatic rings. The molecule has 0 aliphatic rings. The molecule has 0 fully saturated rings. The minimum absolute atomic E-state index is 0.0237. The molecule has 0 amide bonds. The first-order valence-corrected chi connectivity index (χ1v) is 7.90. The van der Waals surface area contributed by atoms with Crippen molar-refractivity contribution in [1.29, 1.82) is 0 Å². The van der Waals surface area contributed by atoms with Gasteiger partial charge in [-0.25, -0.2) is 4.98 Å². The van der Waals surface area contributed by atoms with Crippen LogP contribution in [0.25, 0.3) is 15.3 Å². The van der Waals surface area contributed by atoms with Gasteiger partial charge in [0, 0.05) is 5.69 Å². The molecule has 0 aliphatic heterocycles. The summed E-state index contributed by atoms with van der Waals surface area (Å²) in [6, 6.07) is 5.85. The highest BCUT2D eigenvalue weighted by Gasteiger charge is 2.21. The monoisotopic (exact) mass is 329 g/mol. The number of aromatic amines is 1. The van der Waals surface area contributed by atoms with E-state index in [1.54, 1.807) is 6.92 Å². The Labute approximate surface area is 135 Å². The number of hydrogen-bond acceptors (Lipinski definition) is 5. The lowest BCUT2D eigenvalue weighted by Gasteiger charge is -1.93. The summed E-state index contributed by atoms with van der Waals surface area (Å²) in [7, 11) is 0. The van der Waals surface area contributed by atoms with E-state index in [2.05, 4.69) is 10.1 Å². The van der Waals surface area contributed by atoms with Crippen LogP contribution in [0.3, 0.4) is 0 Å². The number of carbonyl (C=O) groups is 2. The van der Waals surface area contributed by atoms with Gasteiger partial charge in [0.2, 0.25) is 5.13 Å². The highest BCUT2D eigenvalue weighted by atomic mass is 32.1. The molecule has 0 aliphatic carbocycles. The van der Waals surface area contributed by atoms with E-state index in [1.165, 1.54) is 22.9 Å². The summed E-state index contributed by atoms with van der Waals surface area (Å²) in [6.07, 6.45) is -0.271. The normalized spacial score (nSPS) is 11.1. The van der Waals surface area contributed by atoms with Crippen LogP contribution in [0, 0.1) is 13.8 Å². The number of thiazole rings is 1. The van der Waals surface area contributed by atoms with Gasteiger partial charge in [-0.15, -0.1) is 0 Å². The van der Waals surface area contributed by atoms with Crippen molar-refractivity contribution in [3.63, 3.8) is 0 Å². The molecule has 6 nitrogen and oxygen atoms in total. The molecule has 3 rings (SSSR count). The van der Waals surface area contributed by atoms with E-state index in [9.17, 15) is 14.4 Å². The lowest BCUT2D eigenvalue weighted by atomic mass is 10.1. The van der Waals surface area contributed by atoms with Gasteiger partial charge in [0.25, 0.3) is 5.56 Å². The summed E-state index contributed by atoms with van der Waals surface area (Å²) in [5, 5.41) is 3.35. The van der Waals surface area contributed by atoms with Crippen LogP contribution < -0.4 is 5.56 Å². The SMILES string of the molecule is CC(=O)CC(=O)c1c(C)[nH]n(-c2nc3ccc(C)cc3s2)c1=O. The Bertz CT molecular complexity index is 994. The average molecular weight is 329 g/mol. The van der Waals surface area contributed by atoms with Gasteiger partial charge in [0.1, 0.15) is 11.3 Å². The third kappa shape index (κ3) is 2.75. The standard InChI is InChI=1S/C16H15N3O3S/c1-8-4-5-11-13(6-8)23-16(17-11)19-15(22)14(10(3)18-19)12(21)7-9(2)20/h4-6,18H,7H2,1-3H3. The fourth-order valence-corrected chi connectivity index (χ4v) is 3.46. The van der Waals surface area contributed by atoms with Gasteiger partial charge in [-0.2, -0.15) is 4.68 Å². The van der Waals surface area contributed by atoms with Gasteiger partial charge in [-0.3, -0.25) is 19.5 Å². The zero-order valence-corrected chi connectivity index (χ0v) is 13.8. The Kier molecular flexibility index (Phi) is 3.73. The number of benzene rings is 1. The van der Waals surface area contributed by atoms with Gasteiger partial charge >= 0.3 is 0 Å². The first kappa shape index (κ1) is 15.4. The number of aryl methyl sites for hydroxylation is 2. The number of nitrogens with one attached hydrogen (secondary N) is 1. The van der Waals surface area contributed by atoms with Crippen molar-refractivity contribution in [2.75, 3.05) is 0 Å². The molecule has 0 atom stereocenters. The van der Waals surface area contributed by atoms with Crippen molar-refractivity contribution >= 4 is 33.1 Å². The van der Waals surface area contributed by atoms with E-state index in [1.807, 2.05) is 25.1 Å². The van der Waals surface area contributed by atoms with Gasteiger partial charge in [-0.1, -0.05) is 17.4 Å². The Balaban J connectivity index is 2.11. The maximum absolute atomic E-state index is 12.5. The smallest absolute Gasteiger partial charge is 0.284 e. The number of aromatic nitrogens is 3. The van der Waals surface area contributed by atoms with E-state index < -0.39 is 11.3 Å². The second kappa shape index (κ2) is 5.58. The van der Waals surface area contributed by atoms with E-state index >= 15 is 0 Å². The molecule has 0 spiro atoms. The summed E-state index contributed by atoms with van der Waals surface area (Å²) in [4.78, 5) is 40.2. The first-order valence-electron chi connectivity index (χ1n) is 7.08. The van der Waals surface area contributed by atoms with Gasteiger partial charge in [-0.05, 0) is 38.5 Å². The van der Waals surface area contributed by atoms with Gasteiger partial charge in [0.15, 0.2) is 5.78 Å². The number of ketones is 2. The Morgan fingerprint density at radius 3 is 2.74 bits per heavy atom. The zero-order valence-electron chi connectivity index (χ0n) is 13.0. The molecule has 0 saturated carbocycles. The molecule has 2 aromatic heterocycles. The summed E-state index contributed by atoms with van der Waals surface area (Å²) in [5.74, 6) is -0.732. The molecule has 1 N–H and O–H groups in total. The fraction of sp³-hybridized carbons (Fsp3) is 0.250. The van der Waals surface area contributed by atoms with Crippen LogP contribution in [-0.4, -0.2) is 26.3 Å². The molecule has 118 valence electrons. The van der Waals surface area contributed by atoms with Crippen LogP contribution in [0.5, 0.6) is 0 Å². The minimum atomic E-state index is -0.468. The van der Waals surface area contributed by atoms with Crippen LogP contribution in [0.1, 0.15) is 35.0 Å². The average Bonchev–Trinajstić information content (AvgIpc) is 2.98. The predicted octanol–water partition coefficient (Wildman–Crippen LogP) is 2.55. The van der Waals surface area contributed by atoms with Crippen molar-refractivity contribution in [2.24, 2.45) is 0 Å². The van der Waals surface area contributed by atoms with Crippen molar-refractivity contribution in [2.45, 2.75) is 27.2 Å². The molecular weight excluding hydrogens is 314 g/mol. The molecule has 0 unspecified atom stereocenters. The maximum atomic E-state index is 12.5. The topological polar surface area (TPSA) is 84.8 Å². The van der Waals surface area contributed by atoms with Crippen LogP contribution >= 0.6 is 11.3 Å². The summed E-state index contributed by atoms with van der Waals surface area (Å²) in [5.41, 5.74) is 1.91. The molecular formula is C16H15N3O3S. The summed E-state index contributed by atoms with van der Waals surface area (Å²) in [6.45, 7) is 4.96. The van der Waals surface area contributed by atoms with Crippen LogP contribution in [-0.2, 0) is 4.79 Å². The zero-order chi connectivity index (χ0) is 16.7. The number of carbonyl (C=O) groups excluding carboxylic acids is 2. The van der Waals surface area contributed by atoms with Crippen LogP contribution in [0.4, 0.5) is 0 Å². The summed E-state index contributed by atoms with van der Waals surface area (Å²) >= 11 is 1.37. The Morgan fingerprint density at radius 2 is 2.04 bits per heavy atom. The number of hydrogen-bond donors (Lipinski definition) is 1. The molecule has 7 heteroatoms. The third-order valence-electron chi connectivity index (χ3n) is 3.48. The fourth-order valence-electron chi connectivity index (χ4n) is 2.44. The van der Waals surface area contributed by atoms with Crippen molar-refractivity contribution in [3.05, 3.63) is 45.4 Å². The van der Waals surface area contributed by atoms with Crippen LogP contribution in [0.15, 0.2) is 23.0 Å². The highest BCUT2D eigenvalue weighted by Crippen LogP contribution is 2.25. The van der Waals surface area contributed by atoms with E-state index in [0.717, 1.165) is 15.8 Å². The maximum Gasteiger partial charge on any atom is 0.284 e. The van der Waals surface area contributed by atoms with Crippen molar-refractivity contribution < 1.29 is 9.59 Å². The van der Waals surface area contributed by atoms with E-state index in [0.29, 0.717) is 10.8 Å². The molecule has 0 saturated heterocycles. The Hall–Kier alpha value is -2.54. The third-order valence-corrected chi connectivity index (χ3v) is 4.49. The second-order valence-electron chi connectivity index (χ2n) is 5.52. The molecule has 2 heterocycles. The van der Waals surface area contributed by atoms with Crippen molar-refractivity contribution in [1.82, 2.24) is 14.8 Å². The number of Topliss-reactive ketones (excluding diaryl/α,β-unsaturated/α-hetero) is 2. The largest absolute Gasteiger partial charge is 0.300 e. The number of nitrogens with zero attached hydrogens (tertiary/aromatic N) is 2. The summed E-state index contributed by atoms with van der Waals surface area (Å²) < 4.78 is 2.23. The lowest BCUT2D eigenvalue weighted by molar-refractivity contribution is -0.116. The predicted molar refractivity (Wildman–Crippen MR) is 88.7 cm³/mol. The van der Waals surface area contributed by atoms with E-state index in [-0.39, 0.29) is 17.8 Å². The number of rotatable bonds is 4. The van der Waals surface area contributed by atoms with Gasteiger partial charge in [0.05, 0.1) is 16.6 Å². The van der Waals surface area contributed by atoms with Crippen molar-refractivity contribution in [3.8, 4) is 5.13 Å². The Morgan fingerprint density at radius 1 is 1.30 bits per heavy atom. The second-order valence-corrected chi connectivity index (χ2v) is 6.53. The lowest BCUT2D eigenvalue weighted by Crippen LogP contribution is -2.21. The van der Waals surface area contributed by atoms with Crippen LogP contribution in [0.2, 0.25) is 0 Å². The molecule has 23 heavy (non-hydrogen) atoms. The minimum Gasteiger partial charge on any atom is -0.300 e. The van der Waals surface area contributed by atoms with E-state index in [4.69, 9.17) is 0 Å². The van der Waals surface area contributed by atoms with Gasteiger partial charge < -0.3 is 0 Å². The molecule has 1 aromatic carbocycles. The molecule has 0 radical (unpaired) electrons. The quantitative estimate of drug-likeness (QED) is 0.589. The molecule has 0 bridgehead atoms. The first-order chi connectivity index (χ1) is 10.9. The highest BCUT2D eigenvalue weighted by molar-refractivity contribution is 7.20.